The van der Waals surface area contributed by atoms with E-state index >= 15 is 0 Å². The quantitative estimate of drug-likeness (QED) is 0.643. The molecule has 5 heteroatoms. The number of ether oxygens (including phenoxy) is 1. The highest BCUT2D eigenvalue weighted by atomic mass is 32.2. The van der Waals surface area contributed by atoms with Crippen LogP contribution in [-0.2, 0) is 6.61 Å². The predicted octanol–water partition coefficient (Wildman–Crippen LogP) is 1.67. The van der Waals surface area contributed by atoms with Gasteiger partial charge in [0.15, 0.2) is 0 Å². The van der Waals surface area contributed by atoms with Gasteiger partial charge in [0.25, 0.3) is 0 Å². The minimum atomic E-state index is -1.45. The largest absolute Gasteiger partial charge is 0.488 e. The van der Waals surface area contributed by atoms with E-state index < -0.39 is 7.12 Å². The Morgan fingerprint density at radius 2 is 1.89 bits per heavy atom. The van der Waals surface area contributed by atoms with E-state index in [9.17, 15) is 0 Å². The van der Waals surface area contributed by atoms with Crippen LogP contribution in [0.3, 0.4) is 0 Å². The van der Waals surface area contributed by atoms with Gasteiger partial charge in [0.1, 0.15) is 12.4 Å². The predicted molar refractivity (Wildman–Crippen MR) is 78.8 cm³/mol. The van der Waals surface area contributed by atoms with Gasteiger partial charge in [0, 0.05) is 4.90 Å². The van der Waals surface area contributed by atoms with Crippen molar-refractivity contribution in [3.63, 3.8) is 0 Å². The van der Waals surface area contributed by atoms with Crippen LogP contribution < -0.4 is 10.2 Å². The first-order chi connectivity index (χ1) is 9.20. The number of hydrogen-bond acceptors (Lipinski definition) is 4. The van der Waals surface area contributed by atoms with Crippen molar-refractivity contribution in [2.24, 2.45) is 0 Å². The van der Waals surface area contributed by atoms with Gasteiger partial charge in [0.2, 0.25) is 0 Å². The van der Waals surface area contributed by atoms with Crippen molar-refractivity contribution < 1.29 is 14.8 Å². The van der Waals surface area contributed by atoms with Gasteiger partial charge in [-0.05, 0) is 29.4 Å². The Morgan fingerprint density at radius 3 is 2.63 bits per heavy atom. The van der Waals surface area contributed by atoms with E-state index in [1.54, 1.807) is 30.0 Å². The minimum Gasteiger partial charge on any atom is -0.488 e. The zero-order valence-electron chi connectivity index (χ0n) is 10.6. The van der Waals surface area contributed by atoms with Gasteiger partial charge in [-0.15, -0.1) is 11.8 Å². The van der Waals surface area contributed by atoms with Crippen LogP contribution in [0.25, 0.3) is 0 Å². The fraction of sp³-hybridized carbons (Fsp3) is 0.143. The number of benzene rings is 2. The Bertz CT molecular complexity index is 546. The maximum atomic E-state index is 9.13. The van der Waals surface area contributed by atoms with E-state index in [2.05, 4.69) is 0 Å². The molecule has 2 N–H and O–H groups in total. The molecule has 0 aromatic heterocycles. The van der Waals surface area contributed by atoms with Crippen LogP contribution in [-0.4, -0.2) is 23.4 Å². The number of hydrogen-bond donors (Lipinski definition) is 2. The zero-order valence-corrected chi connectivity index (χ0v) is 11.4. The second kappa shape index (κ2) is 6.66. The van der Waals surface area contributed by atoms with Crippen LogP contribution in [0.2, 0.25) is 0 Å². The van der Waals surface area contributed by atoms with Crippen LogP contribution >= 0.6 is 11.8 Å². The number of rotatable bonds is 5. The molecule has 0 aliphatic rings. The molecular weight excluding hydrogens is 259 g/mol. The summed E-state index contributed by atoms with van der Waals surface area (Å²) in [4.78, 5) is 1.08. The molecule has 0 aliphatic heterocycles. The highest BCUT2D eigenvalue weighted by Crippen LogP contribution is 2.27. The first-order valence-electron chi connectivity index (χ1n) is 5.91. The number of thioether (sulfide) groups is 1. The minimum absolute atomic E-state index is 0.401. The van der Waals surface area contributed by atoms with Crippen LogP contribution in [0, 0.1) is 0 Å². The van der Waals surface area contributed by atoms with Gasteiger partial charge in [-0.1, -0.05) is 36.4 Å². The molecule has 0 heterocycles. The molecule has 2 rings (SSSR count). The molecule has 0 aliphatic carbocycles. The Morgan fingerprint density at radius 1 is 1.11 bits per heavy atom. The molecule has 0 fully saturated rings. The summed E-state index contributed by atoms with van der Waals surface area (Å²) in [6.45, 7) is 0.401. The van der Waals surface area contributed by atoms with Gasteiger partial charge in [-0.3, -0.25) is 0 Å². The fourth-order valence-electron chi connectivity index (χ4n) is 1.74. The zero-order chi connectivity index (χ0) is 13.7. The normalized spacial score (nSPS) is 10.3. The van der Waals surface area contributed by atoms with Crippen molar-refractivity contribution in [1.82, 2.24) is 0 Å². The van der Waals surface area contributed by atoms with E-state index in [-0.39, 0.29) is 0 Å². The van der Waals surface area contributed by atoms with E-state index in [0.717, 1.165) is 16.2 Å². The van der Waals surface area contributed by atoms with Gasteiger partial charge >= 0.3 is 7.12 Å². The van der Waals surface area contributed by atoms with Gasteiger partial charge in [-0.25, -0.2) is 0 Å². The lowest BCUT2D eigenvalue weighted by Gasteiger charge is -2.10. The molecule has 0 atom stereocenters. The van der Waals surface area contributed by atoms with Crippen molar-refractivity contribution in [2.45, 2.75) is 11.5 Å². The molecule has 0 amide bonds. The van der Waals surface area contributed by atoms with Gasteiger partial charge in [0.05, 0.1) is 0 Å². The van der Waals surface area contributed by atoms with Crippen molar-refractivity contribution in [1.29, 1.82) is 0 Å². The molecule has 3 nitrogen and oxygen atoms in total. The smallest absolute Gasteiger partial charge is 0.488 e. The third-order valence-electron chi connectivity index (χ3n) is 2.71. The van der Waals surface area contributed by atoms with Crippen LogP contribution in [0.15, 0.2) is 53.4 Å². The second-order valence-electron chi connectivity index (χ2n) is 4.06. The summed E-state index contributed by atoms with van der Waals surface area (Å²) in [6, 6.07) is 14.9. The third kappa shape index (κ3) is 3.77. The molecular formula is C14H15BO3S. The van der Waals surface area contributed by atoms with Gasteiger partial charge in [-0.2, -0.15) is 0 Å². The van der Waals surface area contributed by atoms with E-state index in [1.165, 1.54) is 0 Å². The summed E-state index contributed by atoms with van der Waals surface area (Å²) < 4.78 is 5.76. The van der Waals surface area contributed by atoms with Crippen molar-refractivity contribution in [2.75, 3.05) is 6.26 Å². The molecule has 0 unspecified atom stereocenters. The molecule has 0 saturated heterocycles. The Kier molecular flexibility index (Phi) is 4.90. The highest BCUT2D eigenvalue weighted by molar-refractivity contribution is 7.98. The molecule has 0 saturated carbocycles. The van der Waals surface area contributed by atoms with Crippen LogP contribution in [0.5, 0.6) is 5.75 Å². The third-order valence-corrected chi connectivity index (χ3v) is 3.49. The van der Waals surface area contributed by atoms with Crippen molar-refractivity contribution in [3.05, 3.63) is 54.1 Å². The Labute approximate surface area is 117 Å². The molecule has 19 heavy (non-hydrogen) atoms. The van der Waals surface area contributed by atoms with E-state index in [1.807, 2.05) is 36.6 Å². The lowest BCUT2D eigenvalue weighted by Crippen LogP contribution is -2.29. The fourth-order valence-corrected chi connectivity index (χ4v) is 2.29. The monoisotopic (exact) mass is 274 g/mol. The molecule has 2 aromatic carbocycles. The lowest BCUT2D eigenvalue weighted by molar-refractivity contribution is 0.299. The van der Waals surface area contributed by atoms with Crippen LogP contribution in [0.4, 0.5) is 0 Å². The number of para-hydroxylation sites is 1. The summed E-state index contributed by atoms with van der Waals surface area (Å²) in [5, 5.41) is 18.3. The summed E-state index contributed by atoms with van der Waals surface area (Å²) in [5.74, 6) is 0.838. The van der Waals surface area contributed by atoms with E-state index in [4.69, 9.17) is 14.8 Å². The molecule has 0 spiro atoms. The second-order valence-corrected chi connectivity index (χ2v) is 4.91. The summed E-state index contributed by atoms with van der Waals surface area (Å²) in [6.07, 6.45) is 2.00. The average molecular weight is 274 g/mol. The van der Waals surface area contributed by atoms with E-state index in [0.29, 0.717) is 12.1 Å². The molecule has 0 radical (unpaired) electrons. The summed E-state index contributed by atoms with van der Waals surface area (Å²) in [5.41, 5.74) is 1.38. The van der Waals surface area contributed by atoms with Crippen LogP contribution in [0.1, 0.15) is 5.56 Å². The maximum absolute atomic E-state index is 9.13. The Hall–Kier alpha value is -1.43. The Balaban J connectivity index is 2.08. The standard InChI is InChI=1S/C14H15BO3S/c1-19-14-8-3-2-7-13(14)18-10-11-5-4-6-12(9-11)15(16)17/h2-9,16-17H,10H2,1H3. The molecule has 0 bridgehead atoms. The van der Waals surface area contributed by atoms with Crippen molar-refractivity contribution in [3.8, 4) is 5.75 Å². The first kappa shape index (κ1) is 14.0. The first-order valence-corrected chi connectivity index (χ1v) is 7.14. The van der Waals surface area contributed by atoms with Crippen molar-refractivity contribution >= 4 is 24.3 Å². The highest BCUT2D eigenvalue weighted by Gasteiger charge is 2.11. The lowest BCUT2D eigenvalue weighted by atomic mass is 9.80. The average Bonchev–Trinajstić information content (AvgIpc) is 2.45. The molecule has 2 aromatic rings. The summed E-state index contributed by atoms with van der Waals surface area (Å²) in [7, 11) is -1.45. The topological polar surface area (TPSA) is 49.7 Å². The van der Waals surface area contributed by atoms with Gasteiger partial charge < -0.3 is 14.8 Å². The molecule has 98 valence electrons. The summed E-state index contributed by atoms with van der Waals surface area (Å²) >= 11 is 1.63. The SMILES string of the molecule is CSc1ccccc1OCc1cccc(B(O)O)c1. The maximum Gasteiger partial charge on any atom is 0.488 e.